The Morgan fingerprint density at radius 3 is 2.71 bits per heavy atom. The van der Waals surface area contributed by atoms with E-state index in [1.54, 1.807) is 25.1 Å². The van der Waals surface area contributed by atoms with Crippen LogP contribution in [0.2, 0.25) is 0 Å². The predicted molar refractivity (Wildman–Crippen MR) is 83.1 cm³/mol. The van der Waals surface area contributed by atoms with Crippen molar-refractivity contribution in [3.63, 3.8) is 0 Å². The van der Waals surface area contributed by atoms with E-state index in [1.165, 1.54) is 4.57 Å². The fourth-order valence-corrected chi connectivity index (χ4v) is 2.02. The lowest BCUT2D eigenvalue weighted by Gasteiger charge is -2.09. The molecular weight excluding hydrogens is 296 g/mol. The first kappa shape index (κ1) is 16.9. The van der Waals surface area contributed by atoms with Crippen LogP contribution in [-0.2, 0) is 6.54 Å². The molecule has 0 fully saturated rings. The van der Waals surface area contributed by atoms with Crippen LogP contribution in [0.15, 0.2) is 27.8 Å². The van der Waals surface area contributed by atoms with Gasteiger partial charge in [-0.05, 0) is 25.1 Å². The van der Waals surface area contributed by atoms with Crippen molar-refractivity contribution in [1.82, 2.24) is 14.9 Å². The van der Waals surface area contributed by atoms with Gasteiger partial charge < -0.3 is 20.6 Å². The number of nitrogens with one attached hydrogen (secondary N) is 2. The number of aromatic amines is 1. The number of hydrogen-bond donors (Lipinski definition) is 3. The van der Waals surface area contributed by atoms with Crippen LogP contribution in [-0.4, -0.2) is 28.5 Å². The van der Waals surface area contributed by atoms with Gasteiger partial charge in [-0.25, -0.2) is 0 Å². The van der Waals surface area contributed by atoms with Gasteiger partial charge >= 0.3 is 11.1 Å². The van der Waals surface area contributed by atoms with E-state index in [0.29, 0.717) is 36.2 Å². The molecule has 2 aromatic rings. The number of fused-ring (bicyclic) bond motifs is 1. The fraction of sp³-hybridized carbons (Fsp3) is 0.308. The number of rotatable bonds is 4. The van der Waals surface area contributed by atoms with Crippen LogP contribution in [0.1, 0.15) is 17.3 Å². The van der Waals surface area contributed by atoms with Crippen molar-refractivity contribution >= 4 is 29.3 Å². The smallest absolute Gasteiger partial charge is 0.316 e. The SMILES string of the molecule is CCn1c(=O)c(=O)[nH]c2cc(C(=O)NCCN)ccc21.Cl. The van der Waals surface area contributed by atoms with E-state index in [1.807, 2.05) is 0 Å². The molecule has 4 N–H and O–H groups in total. The second kappa shape index (κ2) is 7.05. The van der Waals surface area contributed by atoms with Crippen molar-refractivity contribution in [2.45, 2.75) is 13.5 Å². The number of carbonyl (C=O) groups excluding carboxylic acids is 1. The quantitative estimate of drug-likeness (QED) is 0.680. The fourth-order valence-electron chi connectivity index (χ4n) is 2.02. The van der Waals surface area contributed by atoms with Crippen LogP contribution < -0.4 is 22.2 Å². The Balaban J connectivity index is 0.00000220. The molecule has 0 bridgehead atoms. The number of halogens is 1. The average Bonchev–Trinajstić information content (AvgIpc) is 2.45. The molecule has 1 aromatic carbocycles. The highest BCUT2D eigenvalue weighted by Crippen LogP contribution is 2.11. The number of aryl methyl sites for hydroxylation is 1. The Bertz CT molecular complexity index is 766. The summed E-state index contributed by atoms with van der Waals surface area (Å²) >= 11 is 0. The zero-order valence-electron chi connectivity index (χ0n) is 11.5. The molecule has 0 aliphatic rings. The molecule has 0 aliphatic heterocycles. The summed E-state index contributed by atoms with van der Waals surface area (Å²) in [6.45, 7) is 2.90. The lowest BCUT2D eigenvalue weighted by molar-refractivity contribution is 0.0955. The summed E-state index contributed by atoms with van der Waals surface area (Å²) in [7, 11) is 0. The van der Waals surface area contributed by atoms with Crippen molar-refractivity contribution in [3.05, 3.63) is 44.5 Å². The van der Waals surface area contributed by atoms with Crippen LogP contribution in [0.25, 0.3) is 11.0 Å². The van der Waals surface area contributed by atoms with Crippen LogP contribution in [0.5, 0.6) is 0 Å². The third-order valence-corrected chi connectivity index (χ3v) is 2.98. The molecular formula is C13H17ClN4O3. The first-order valence-corrected chi connectivity index (χ1v) is 6.33. The van der Waals surface area contributed by atoms with Gasteiger partial charge in [0.15, 0.2) is 0 Å². The van der Waals surface area contributed by atoms with Gasteiger partial charge in [-0.3, -0.25) is 14.4 Å². The van der Waals surface area contributed by atoms with E-state index in [2.05, 4.69) is 10.3 Å². The molecule has 1 heterocycles. The number of benzene rings is 1. The molecule has 2 rings (SSSR count). The molecule has 21 heavy (non-hydrogen) atoms. The van der Waals surface area contributed by atoms with E-state index in [-0.39, 0.29) is 18.3 Å². The summed E-state index contributed by atoms with van der Waals surface area (Å²) in [6.07, 6.45) is 0. The number of carbonyl (C=O) groups is 1. The van der Waals surface area contributed by atoms with Crippen LogP contribution in [0.3, 0.4) is 0 Å². The zero-order chi connectivity index (χ0) is 14.7. The van der Waals surface area contributed by atoms with Crippen molar-refractivity contribution < 1.29 is 4.79 Å². The Labute approximate surface area is 126 Å². The van der Waals surface area contributed by atoms with Crippen molar-refractivity contribution in [1.29, 1.82) is 0 Å². The monoisotopic (exact) mass is 312 g/mol. The summed E-state index contributed by atoms with van der Waals surface area (Å²) < 4.78 is 1.37. The minimum atomic E-state index is -0.695. The molecule has 1 aromatic heterocycles. The molecule has 8 heteroatoms. The van der Waals surface area contributed by atoms with Gasteiger partial charge in [-0.2, -0.15) is 0 Å². The minimum absolute atomic E-state index is 0. The molecule has 0 unspecified atom stereocenters. The number of hydrogen-bond acceptors (Lipinski definition) is 4. The molecule has 0 aliphatic carbocycles. The minimum Gasteiger partial charge on any atom is -0.351 e. The van der Waals surface area contributed by atoms with Gasteiger partial charge in [-0.1, -0.05) is 0 Å². The van der Waals surface area contributed by atoms with Gasteiger partial charge in [0.05, 0.1) is 11.0 Å². The lowest BCUT2D eigenvalue weighted by atomic mass is 10.1. The Morgan fingerprint density at radius 1 is 1.38 bits per heavy atom. The van der Waals surface area contributed by atoms with Gasteiger partial charge in [0.25, 0.3) is 5.91 Å². The molecule has 0 radical (unpaired) electrons. The average molecular weight is 313 g/mol. The van der Waals surface area contributed by atoms with E-state index in [9.17, 15) is 14.4 Å². The van der Waals surface area contributed by atoms with Crippen molar-refractivity contribution in [2.75, 3.05) is 13.1 Å². The van der Waals surface area contributed by atoms with E-state index < -0.39 is 11.1 Å². The van der Waals surface area contributed by atoms with Gasteiger partial charge in [-0.15, -0.1) is 12.4 Å². The van der Waals surface area contributed by atoms with Gasteiger partial charge in [0.1, 0.15) is 0 Å². The standard InChI is InChI=1S/C13H16N4O3.ClH/c1-2-17-10-4-3-8(11(18)15-6-5-14)7-9(10)16-12(19)13(17)20;/h3-4,7H,2,5-6,14H2,1H3,(H,15,18)(H,16,19);1H. The molecule has 0 saturated heterocycles. The number of amides is 1. The summed E-state index contributed by atoms with van der Waals surface area (Å²) in [4.78, 5) is 37.6. The summed E-state index contributed by atoms with van der Waals surface area (Å²) in [5.74, 6) is -0.271. The van der Waals surface area contributed by atoms with E-state index in [0.717, 1.165) is 0 Å². The summed E-state index contributed by atoms with van der Waals surface area (Å²) in [5.41, 5.74) is 5.48. The number of aromatic nitrogens is 2. The van der Waals surface area contributed by atoms with Crippen LogP contribution in [0, 0.1) is 0 Å². The first-order chi connectivity index (χ1) is 9.58. The molecule has 7 nitrogen and oxygen atoms in total. The maximum atomic E-state index is 11.8. The number of nitrogens with zero attached hydrogens (tertiary/aromatic N) is 1. The number of H-pyrrole nitrogens is 1. The highest BCUT2D eigenvalue weighted by atomic mass is 35.5. The largest absolute Gasteiger partial charge is 0.351 e. The molecule has 0 atom stereocenters. The highest BCUT2D eigenvalue weighted by molar-refractivity contribution is 5.97. The van der Waals surface area contributed by atoms with E-state index >= 15 is 0 Å². The second-order valence-corrected chi connectivity index (χ2v) is 4.28. The normalized spacial score (nSPS) is 10.2. The van der Waals surface area contributed by atoms with Crippen LogP contribution >= 0.6 is 12.4 Å². The van der Waals surface area contributed by atoms with E-state index in [4.69, 9.17) is 5.73 Å². The van der Waals surface area contributed by atoms with Crippen molar-refractivity contribution in [3.8, 4) is 0 Å². The summed E-state index contributed by atoms with van der Waals surface area (Å²) in [6, 6.07) is 4.81. The molecule has 114 valence electrons. The number of nitrogens with two attached hydrogens (primary N) is 1. The van der Waals surface area contributed by atoms with Crippen LogP contribution in [0.4, 0.5) is 0 Å². The molecule has 1 amide bonds. The zero-order valence-corrected chi connectivity index (χ0v) is 12.3. The maximum Gasteiger partial charge on any atom is 0.316 e. The molecule has 0 saturated carbocycles. The second-order valence-electron chi connectivity index (χ2n) is 4.28. The Kier molecular flexibility index (Phi) is 5.69. The Morgan fingerprint density at radius 2 is 2.10 bits per heavy atom. The van der Waals surface area contributed by atoms with Gasteiger partial charge in [0, 0.05) is 25.2 Å². The Hall–Kier alpha value is -2.12. The lowest BCUT2D eigenvalue weighted by Crippen LogP contribution is -2.36. The third-order valence-electron chi connectivity index (χ3n) is 2.98. The van der Waals surface area contributed by atoms with Gasteiger partial charge in [0.2, 0.25) is 0 Å². The topological polar surface area (TPSA) is 110 Å². The first-order valence-electron chi connectivity index (χ1n) is 6.33. The summed E-state index contributed by atoms with van der Waals surface area (Å²) in [5, 5.41) is 2.64. The van der Waals surface area contributed by atoms with Crippen molar-refractivity contribution in [2.24, 2.45) is 5.73 Å². The maximum absolute atomic E-state index is 11.8. The third kappa shape index (κ3) is 3.32. The highest BCUT2D eigenvalue weighted by Gasteiger charge is 2.10. The molecule has 0 spiro atoms. The predicted octanol–water partition coefficient (Wildman–Crippen LogP) is -0.180.